The molecule has 0 aromatic carbocycles. The first-order chi connectivity index (χ1) is 13.5. The Morgan fingerprint density at radius 1 is 0.531 bits per heavy atom. The molecule has 0 fully saturated rings. The molecular weight excluding hydrogens is 525 g/mol. The fourth-order valence-electron chi connectivity index (χ4n) is 1.84. The van der Waals surface area contributed by atoms with E-state index in [1.165, 1.54) is 0 Å². The van der Waals surface area contributed by atoms with Crippen LogP contribution >= 0.6 is 0 Å². The highest BCUT2D eigenvalue weighted by molar-refractivity contribution is 6.71. The Hall–Kier alpha value is -1.09. The van der Waals surface area contributed by atoms with Gasteiger partial charge in [-0.3, -0.25) is 0 Å². The van der Waals surface area contributed by atoms with Gasteiger partial charge in [-0.15, -0.1) is 0 Å². The third kappa shape index (κ3) is 4.35. The van der Waals surface area contributed by atoms with Crippen molar-refractivity contribution in [3.8, 4) is 0 Å². The molecule has 194 valence electrons. The van der Waals surface area contributed by atoms with Crippen LogP contribution in [-0.4, -0.2) is 63.2 Å². The van der Waals surface area contributed by atoms with Gasteiger partial charge in [-0.05, 0) is 13.1 Å². The summed E-state index contributed by atoms with van der Waals surface area (Å²) in [7, 11) is -3.22. The van der Waals surface area contributed by atoms with Gasteiger partial charge in [0.05, 0.1) is 0 Å². The molecule has 0 aromatic heterocycles. The summed E-state index contributed by atoms with van der Waals surface area (Å²) in [6, 6.07) is -1.54. The predicted molar refractivity (Wildman–Crippen MR) is 73.3 cm³/mol. The Labute approximate surface area is 167 Å². The lowest BCUT2D eigenvalue weighted by molar-refractivity contribution is -0.461. The summed E-state index contributed by atoms with van der Waals surface area (Å²) in [5.41, 5.74) is 0. The average Bonchev–Trinajstić information content (AvgIpc) is 2.58. The second-order valence-electron chi connectivity index (χ2n) is 6.44. The first-order valence-electron chi connectivity index (χ1n) is 7.50. The second kappa shape index (κ2) is 8.00. The van der Waals surface area contributed by atoms with Crippen molar-refractivity contribution in [3.05, 3.63) is 0 Å². The number of rotatable bonds is 10. The van der Waals surface area contributed by atoms with Crippen molar-refractivity contribution in [1.29, 1.82) is 0 Å². The first-order valence-corrected chi connectivity index (χ1v) is 9.86. The molecule has 0 saturated heterocycles. The van der Waals surface area contributed by atoms with E-state index in [9.17, 15) is 74.6 Å². The minimum atomic E-state index is -8.63. The summed E-state index contributed by atoms with van der Waals surface area (Å²) < 4.78 is 222. The maximum absolute atomic E-state index is 13.6. The summed E-state index contributed by atoms with van der Waals surface area (Å²) in [6.45, 7) is 0. The van der Waals surface area contributed by atoms with Crippen molar-refractivity contribution < 1.29 is 74.6 Å². The third-order valence-corrected chi connectivity index (χ3v) is 6.11. The van der Waals surface area contributed by atoms with Gasteiger partial charge in [-0.25, -0.2) is 0 Å². The number of hydrogen-bond acceptors (Lipinski definition) is 3. The zero-order valence-corrected chi connectivity index (χ0v) is 16.0. The number of halogens is 17. The Balaban J connectivity index is 6.53. The summed E-state index contributed by atoms with van der Waals surface area (Å²) in [6.07, 6.45) is -10.4. The Morgan fingerprint density at radius 2 is 0.812 bits per heavy atom. The molecule has 0 aliphatic carbocycles. The first kappa shape index (κ1) is 30.9. The lowest BCUT2D eigenvalue weighted by Gasteiger charge is -2.43. The minimum Gasteiger partial charge on any atom is -0.327 e. The fourth-order valence-corrected chi connectivity index (χ4v) is 2.82. The molecule has 0 spiro atoms. The molecule has 0 unspecified atom stereocenters. The van der Waals surface area contributed by atoms with Crippen LogP contribution in [-0.2, 0) is 0 Å². The summed E-state index contributed by atoms with van der Waals surface area (Å²) in [5.74, 6) is -56.4. The van der Waals surface area contributed by atoms with E-state index in [0.717, 1.165) is 7.05 Å². The smallest absolute Gasteiger partial charge is 0.327 e. The number of alkyl halides is 17. The Morgan fingerprint density at radius 3 is 1.09 bits per heavy atom. The van der Waals surface area contributed by atoms with Crippen molar-refractivity contribution in [2.45, 2.75) is 60.1 Å². The Bertz CT molecular complexity index is 671. The van der Waals surface area contributed by atoms with Crippen molar-refractivity contribution in [2.75, 3.05) is 7.05 Å². The molecule has 21 heteroatoms. The van der Waals surface area contributed by atoms with E-state index >= 15 is 0 Å². The van der Waals surface area contributed by atoms with Crippen LogP contribution < -0.4 is 15.8 Å². The average molecular weight is 537 g/mol. The SMILES string of the molecule is CN[Si](N)(N)CCC(F)(F)C(F)(F)C(F)(F)C(F)(F)C(F)(F)C(F)(F)C(F)(F)C(F)(F)F. The van der Waals surface area contributed by atoms with Gasteiger partial charge in [-0.2, -0.15) is 74.6 Å². The maximum Gasteiger partial charge on any atom is 0.460 e. The van der Waals surface area contributed by atoms with Gasteiger partial charge in [0.1, 0.15) is 0 Å². The minimum absolute atomic E-state index is 0.856. The molecule has 0 saturated carbocycles. The van der Waals surface area contributed by atoms with Crippen LogP contribution in [0.1, 0.15) is 6.42 Å². The van der Waals surface area contributed by atoms with Gasteiger partial charge < -0.3 is 15.8 Å². The van der Waals surface area contributed by atoms with E-state index in [0.29, 0.717) is 0 Å². The van der Waals surface area contributed by atoms with E-state index in [-0.39, 0.29) is 0 Å². The van der Waals surface area contributed by atoms with Crippen LogP contribution in [0.3, 0.4) is 0 Å². The van der Waals surface area contributed by atoms with E-state index in [4.69, 9.17) is 10.8 Å². The van der Waals surface area contributed by atoms with Crippen LogP contribution in [0.5, 0.6) is 0 Å². The van der Waals surface area contributed by atoms with Gasteiger partial charge >= 0.3 is 47.6 Å². The van der Waals surface area contributed by atoms with Crippen LogP contribution in [0, 0.1) is 0 Å². The third-order valence-electron chi connectivity index (χ3n) is 4.11. The van der Waals surface area contributed by atoms with Crippen molar-refractivity contribution in [3.63, 3.8) is 0 Å². The molecule has 0 aliphatic heterocycles. The largest absolute Gasteiger partial charge is 0.460 e. The summed E-state index contributed by atoms with van der Waals surface area (Å²) in [4.78, 5) is 1.88. The summed E-state index contributed by atoms with van der Waals surface area (Å²) >= 11 is 0. The topological polar surface area (TPSA) is 64.1 Å². The lowest BCUT2D eigenvalue weighted by Crippen LogP contribution is -2.74. The maximum atomic E-state index is 13.6. The van der Waals surface area contributed by atoms with Gasteiger partial charge in [0.25, 0.3) is 8.56 Å². The van der Waals surface area contributed by atoms with E-state index in [1.807, 2.05) is 4.98 Å². The van der Waals surface area contributed by atoms with Crippen LogP contribution in [0.2, 0.25) is 6.04 Å². The van der Waals surface area contributed by atoms with E-state index in [1.54, 1.807) is 0 Å². The Kier molecular flexibility index (Phi) is 7.72. The highest BCUT2D eigenvalue weighted by Gasteiger charge is 2.95. The van der Waals surface area contributed by atoms with Crippen molar-refractivity contribution in [1.82, 2.24) is 4.98 Å². The second-order valence-corrected chi connectivity index (χ2v) is 9.52. The monoisotopic (exact) mass is 537 g/mol. The van der Waals surface area contributed by atoms with Crippen LogP contribution in [0.4, 0.5) is 74.6 Å². The van der Waals surface area contributed by atoms with Crippen LogP contribution in [0.15, 0.2) is 0 Å². The van der Waals surface area contributed by atoms with Gasteiger partial charge in [-0.1, -0.05) is 0 Å². The molecule has 5 N–H and O–H groups in total. The predicted octanol–water partition coefficient (Wildman–Crippen LogP) is 4.46. The molecule has 3 nitrogen and oxygen atoms in total. The van der Waals surface area contributed by atoms with Gasteiger partial charge in [0.15, 0.2) is 0 Å². The highest BCUT2D eigenvalue weighted by Crippen LogP contribution is 2.64. The van der Waals surface area contributed by atoms with Crippen molar-refractivity contribution in [2.24, 2.45) is 10.8 Å². The van der Waals surface area contributed by atoms with Gasteiger partial charge in [0, 0.05) is 6.42 Å². The normalized spacial score (nSPS) is 16.5. The van der Waals surface area contributed by atoms with E-state index in [2.05, 4.69) is 0 Å². The van der Waals surface area contributed by atoms with E-state index < -0.39 is 68.7 Å². The molecule has 32 heavy (non-hydrogen) atoms. The lowest BCUT2D eigenvalue weighted by atomic mass is 9.88. The highest BCUT2D eigenvalue weighted by atomic mass is 28.4. The van der Waals surface area contributed by atoms with Gasteiger partial charge in [0.2, 0.25) is 0 Å². The molecule has 0 amide bonds. The molecule has 0 aromatic rings. The number of nitrogens with one attached hydrogen (secondary N) is 1. The molecule has 0 aliphatic rings. The molecule has 0 bridgehead atoms. The summed E-state index contributed by atoms with van der Waals surface area (Å²) in [5, 5.41) is 10.1. The zero-order valence-electron chi connectivity index (χ0n) is 15.0. The molecule has 0 atom stereocenters. The van der Waals surface area contributed by atoms with Crippen LogP contribution in [0.25, 0.3) is 0 Å². The van der Waals surface area contributed by atoms with Crippen molar-refractivity contribution >= 4 is 8.56 Å². The molecule has 0 radical (unpaired) electrons. The quantitative estimate of drug-likeness (QED) is 0.285. The molecule has 0 rings (SSSR count). The zero-order chi connectivity index (χ0) is 26.6. The molecular formula is C11H12F17N3Si. The number of nitrogens with two attached hydrogens (primary N) is 2. The number of hydrogen-bond donors (Lipinski definition) is 3. The molecule has 0 heterocycles. The standard InChI is InChI=1S/C11H12F17N3Si/c1-31-32(29,30)3-2-4(12,13)5(14,15)6(16,17)7(18,19)8(20,21)9(22,23)10(24,25)11(26,27)28/h31H,2-3,29-30H2,1H3. The fraction of sp³-hybridized carbons (Fsp3) is 1.00.